The number of aliphatic hydroxyl groups excluding tert-OH is 1. The van der Waals surface area contributed by atoms with Crippen LogP contribution in [0.1, 0.15) is 72.1 Å². The third-order valence-corrected chi connectivity index (χ3v) is 6.14. The molecule has 0 aromatic rings. The molecule has 1 atom stereocenters. The minimum absolute atomic E-state index is 0.0146. The van der Waals surface area contributed by atoms with Crippen LogP contribution >= 0.6 is 0 Å². The van der Waals surface area contributed by atoms with E-state index in [1.807, 2.05) is 0 Å². The van der Waals surface area contributed by atoms with Gasteiger partial charge in [-0.1, -0.05) is 33.6 Å². The predicted molar refractivity (Wildman–Crippen MR) is 80.9 cm³/mol. The Balaban J connectivity index is 2.01. The van der Waals surface area contributed by atoms with Gasteiger partial charge in [0.2, 0.25) is 0 Å². The maximum absolute atomic E-state index is 10.9. The Kier molecular flexibility index (Phi) is 4.62. The Bertz CT molecular complexity index is 282. The maximum atomic E-state index is 10.9. The van der Waals surface area contributed by atoms with Crippen LogP contribution in [0, 0.1) is 22.7 Å². The van der Waals surface area contributed by atoms with Gasteiger partial charge in [0, 0.05) is 12.0 Å². The normalized spacial score (nSPS) is 35.8. The van der Waals surface area contributed by atoms with E-state index in [-0.39, 0.29) is 11.5 Å². The second-order valence-corrected chi connectivity index (χ2v) is 8.20. The topological polar surface area (TPSA) is 46.2 Å². The van der Waals surface area contributed by atoms with Crippen molar-refractivity contribution in [3.05, 3.63) is 0 Å². The van der Waals surface area contributed by atoms with Gasteiger partial charge in [-0.3, -0.25) is 0 Å². The molecular formula is C17H33NO. The van der Waals surface area contributed by atoms with Crippen LogP contribution in [-0.2, 0) is 0 Å². The summed E-state index contributed by atoms with van der Waals surface area (Å²) < 4.78 is 0. The fourth-order valence-corrected chi connectivity index (χ4v) is 4.15. The molecule has 2 heteroatoms. The molecule has 2 fully saturated rings. The lowest BCUT2D eigenvalue weighted by molar-refractivity contribution is -0.0649. The van der Waals surface area contributed by atoms with Crippen molar-refractivity contribution in [2.24, 2.45) is 28.4 Å². The van der Waals surface area contributed by atoms with Gasteiger partial charge in [-0.2, -0.15) is 0 Å². The molecule has 0 radical (unpaired) electrons. The van der Waals surface area contributed by atoms with Crippen LogP contribution in [0.5, 0.6) is 0 Å². The quantitative estimate of drug-likeness (QED) is 0.818. The van der Waals surface area contributed by atoms with E-state index in [1.165, 1.54) is 38.5 Å². The lowest BCUT2D eigenvalue weighted by atomic mass is 9.59. The summed E-state index contributed by atoms with van der Waals surface area (Å²) in [6.07, 6.45) is 9.46. The number of hydrogen-bond acceptors (Lipinski definition) is 2. The Morgan fingerprint density at radius 2 is 1.58 bits per heavy atom. The average Bonchev–Trinajstić information content (AvgIpc) is 2.40. The molecule has 0 aromatic carbocycles. The van der Waals surface area contributed by atoms with Gasteiger partial charge in [0.05, 0.1) is 6.10 Å². The number of hydrogen-bond donors (Lipinski definition) is 2. The first-order chi connectivity index (χ1) is 8.88. The highest BCUT2D eigenvalue weighted by atomic mass is 16.3. The van der Waals surface area contributed by atoms with E-state index in [2.05, 4.69) is 20.8 Å². The summed E-state index contributed by atoms with van der Waals surface area (Å²) >= 11 is 0. The second kappa shape index (κ2) is 5.73. The minimum atomic E-state index is -0.166. The molecule has 112 valence electrons. The van der Waals surface area contributed by atoms with Crippen LogP contribution in [0.15, 0.2) is 0 Å². The zero-order chi connectivity index (χ0) is 14.1. The number of aliphatic hydroxyl groups is 1. The molecule has 0 heterocycles. The summed E-state index contributed by atoms with van der Waals surface area (Å²) in [6.45, 7) is 7.70. The van der Waals surface area contributed by atoms with E-state index >= 15 is 0 Å². The maximum Gasteiger partial charge on any atom is 0.0636 e. The molecule has 1 unspecified atom stereocenters. The van der Waals surface area contributed by atoms with Crippen molar-refractivity contribution in [2.75, 3.05) is 6.54 Å². The third kappa shape index (κ3) is 3.33. The van der Waals surface area contributed by atoms with E-state index in [0.29, 0.717) is 17.9 Å². The van der Waals surface area contributed by atoms with Crippen molar-refractivity contribution in [3.8, 4) is 0 Å². The molecule has 0 spiro atoms. The molecule has 0 aliphatic heterocycles. The fourth-order valence-electron chi connectivity index (χ4n) is 4.15. The highest BCUT2D eigenvalue weighted by Gasteiger charge is 2.45. The van der Waals surface area contributed by atoms with Crippen LogP contribution in [-0.4, -0.2) is 17.8 Å². The van der Waals surface area contributed by atoms with E-state index in [4.69, 9.17) is 5.73 Å². The zero-order valence-electron chi connectivity index (χ0n) is 13.1. The van der Waals surface area contributed by atoms with Crippen molar-refractivity contribution in [2.45, 2.75) is 78.2 Å². The van der Waals surface area contributed by atoms with Gasteiger partial charge < -0.3 is 10.8 Å². The molecule has 0 aromatic heterocycles. The van der Waals surface area contributed by atoms with Crippen molar-refractivity contribution < 1.29 is 5.11 Å². The number of nitrogens with two attached hydrogens (primary N) is 1. The first-order valence-electron chi connectivity index (χ1n) is 8.27. The van der Waals surface area contributed by atoms with E-state index < -0.39 is 0 Å². The summed E-state index contributed by atoms with van der Waals surface area (Å²) in [4.78, 5) is 0. The lowest BCUT2D eigenvalue weighted by Crippen LogP contribution is -2.49. The summed E-state index contributed by atoms with van der Waals surface area (Å²) in [5, 5.41) is 10.9. The highest BCUT2D eigenvalue weighted by molar-refractivity contribution is 4.97. The van der Waals surface area contributed by atoms with Crippen LogP contribution in [0.2, 0.25) is 0 Å². The Morgan fingerprint density at radius 3 is 2.05 bits per heavy atom. The first-order valence-corrected chi connectivity index (χ1v) is 8.27. The predicted octanol–water partition coefficient (Wildman–Crippen LogP) is 3.72. The SMILES string of the molecule is CC1CCC(C(O)C2(CN)CCC(C)(C)CC2)CC1. The van der Waals surface area contributed by atoms with Gasteiger partial charge in [0.25, 0.3) is 0 Å². The minimum Gasteiger partial charge on any atom is -0.392 e. The van der Waals surface area contributed by atoms with E-state index in [9.17, 15) is 5.11 Å². The molecule has 2 rings (SSSR count). The molecule has 2 saturated carbocycles. The smallest absolute Gasteiger partial charge is 0.0636 e. The molecule has 0 bridgehead atoms. The molecule has 2 nitrogen and oxygen atoms in total. The van der Waals surface area contributed by atoms with Crippen LogP contribution < -0.4 is 5.73 Å². The van der Waals surface area contributed by atoms with Gasteiger partial charge in [0.1, 0.15) is 0 Å². The second-order valence-electron chi connectivity index (χ2n) is 8.20. The molecule has 3 N–H and O–H groups in total. The molecule has 2 aliphatic rings. The van der Waals surface area contributed by atoms with Gasteiger partial charge in [-0.05, 0) is 55.8 Å². The average molecular weight is 267 g/mol. The Hall–Kier alpha value is -0.0800. The zero-order valence-corrected chi connectivity index (χ0v) is 13.1. The third-order valence-electron chi connectivity index (χ3n) is 6.14. The van der Waals surface area contributed by atoms with Gasteiger partial charge >= 0.3 is 0 Å². The molecule has 19 heavy (non-hydrogen) atoms. The van der Waals surface area contributed by atoms with Crippen LogP contribution in [0.4, 0.5) is 0 Å². The van der Waals surface area contributed by atoms with E-state index in [0.717, 1.165) is 18.8 Å². The Labute approximate surface area is 119 Å². The molecular weight excluding hydrogens is 234 g/mol. The largest absolute Gasteiger partial charge is 0.392 e. The summed E-state index contributed by atoms with van der Waals surface area (Å²) in [6, 6.07) is 0. The fraction of sp³-hybridized carbons (Fsp3) is 1.00. The highest BCUT2D eigenvalue weighted by Crippen LogP contribution is 2.49. The van der Waals surface area contributed by atoms with Gasteiger partial charge in [-0.15, -0.1) is 0 Å². The summed E-state index contributed by atoms with van der Waals surface area (Å²) in [5.74, 6) is 1.35. The summed E-state index contributed by atoms with van der Waals surface area (Å²) in [7, 11) is 0. The van der Waals surface area contributed by atoms with Crippen molar-refractivity contribution in [3.63, 3.8) is 0 Å². The monoisotopic (exact) mass is 267 g/mol. The number of rotatable bonds is 3. The summed E-state index contributed by atoms with van der Waals surface area (Å²) in [5.41, 5.74) is 6.56. The molecule has 0 saturated heterocycles. The van der Waals surface area contributed by atoms with Crippen molar-refractivity contribution in [1.29, 1.82) is 0 Å². The first kappa shape index (κ1) is 15.3. The lowest BCUT2D eigenvalue weighted by Gasteiger charge is -2.48. The van der Waals surface area contributed by atoms with Gasteiger partial charge in [-0.25, -0.2) is 0 Å². The van der Waals surface area contributed by atoms with Gasteiger partial charge in [0.15, 0.2) is 0 Å². The standard InChI is InChI=1S/C17H33NO/c1-13-4-6-14(7-5-13)15(19)17(12-18)10-8-16(2,3)9-11-17/h13-15,19H,4-12,18H2,1-3H3. The van der Waals surface area contributed by atoms with Crippen LogP contribution in [0.3, 0.4) is 0 Å². The Morgan fingerprint density at radius 1 is 1.05 bits per heavy atom. The van der Waals surface area contributed by atoms with E-state index in [1.54, 1.807) is 0 Å². The van der Waals surface area contributed by atoms with Crippen LogP contribution in [0.25, 0.3) is 0 Å². The van der Waals surface area contributed by atoms with Crippen molar-refractivity contribution >= 4 is 0 Å². The van der Waals surface area contributed by atoms with Crippen molar-refractivity contribution in [1.82, 2.24) is 0 Å². The molecule has 0 amide bonds. The molecule has 2 aliphatic carbocycles.